The van der Waals surface area contributed by atoms with E-state index in [1.807, 2.05) is 62.1 Å². The van der Waals surface area contributed by atoms with Gasteiger partial charge in [-0.1, -0.05) is 97.6 Å². The normalized spacial score (nSPS) is 14.7. The Labute approximate surface area is 220 Å². The summed E-state index contributed by atoms with van der Waals surface area (Å²) in [7, 11) is 0. The van der Waals surface area contributed by atoms with Crippen LogP contribution in [0.25, 0.3) is 0 Å². The lowest BCUT2D eigenvalue weighted by molar-refractivity contribution is -0.120. The molecule has 2 unspecified atom stereocenters. The standard InChI is InChI=1S/C30H37Cl2NO2/c1-6-15-30(5,26-10-8-7-9-11-26)29(25(17-22(2)3)18-23(4)20-34)33(21-35)16-14-24-12-13-27(31)19-28(24)32/h7-13,17-21,29,34H,6,14-16H2,1-5H3/b23-20+,25-18+. The van der Waals surface area contributed by atoms with E-state index in [1.165, 1.54) is 5.56 Å². The van der Waals surface area contributed by atoms with Crippen LogP contribution in [-0.4, -0.2) is 29.0 Å². The number of rotatable bonds is 12. The first-order chi connectivity index (χ1) is 16.7. The Bertz CT molecular complexity index is 1070. The molecule has 0 spiro atoms. The third-order valence-electron chi connectivity index (χ3n) is 6.30. The number of amides is 1. The molecule has 2 rings (SSSR count). The van der Waals surface area contributed by atoms with Gasteiger partial charge in [-0.05, 0) is 68.0 Å². The van der Waals surface area contributed by atoms with Crippen LogP contribution in [0.4, 0.5) is 0 Å². The van der Waals surface area contributed by atoms with Gasteiger partial charge >= 0.3 is 0 Å². The lowest BCUT2D eigenvalue weighted by Gasteiger charge is -2.44. The number of aliphatic hydroxyl groups is 1. The van der Waals surface area contributed by atoms with Gasteiger partial charge in [-0.2, -0.15) is 0 Å². The Balaban J connectivity index is 2.68. The molecule has 35 heavy (non-hydrogen) atoms. The molecule has 0 fully saturated rings. The highest BCUT2D eigenvalue weighted by atomic mass is 35.5. The van der Waals surface area contributed by atoms with Crippen molar-refractivity contribution in [2.24, 2.45) is 0 Å². The van der Waals surface area contributed by atoms with Gasteiger partial charge in [0, 0.05) is 22.0 Å². The van der Waals surface area contributed by atoms with E-state index in [2.05, 4.69) is 32.1 Å². The quantitative estimate of drug-likeness (QED) is 0.175. The Morgan fingerprint density at radius 1 is 1.09 bits per heavy atom. The van der Waals surface area contributed by atoms with Gasteiger partial charge in [0.2, 0.25) is 6.41 Å². The third kappa shape index (κ3) is 7.75. The molecule has 1 amide bonds. The minimum absolute atomic E-state index is 0.266. The summed E-state index contributed by atoms with van der Waals surface area (Å²) in [6.45, 7) is 10.8. The highest BCUT2D eigenvalue weighted by Crippen LogP contribution is 2.40. The van der Waals surface area contributed by atoms with Gasteiger partial charge in [-0.25, -0.2) is 0 Å². The zero-order valence-electron chi connectivity index (χ0n) is 21.4. The van der Waals surface area contributed by atoms with Crippen LogP contribution >= 0.6 is 23.2 Å². The minimum Gasteiger partial charge on any atom is -0.515 e. The van der Waals surface area contributed by atoms with E-state index in [9.17, 15) is 9.90 Å². The van der Waals surface area contributed by atoms with Gasteiger partial charge in [-0.3, -0.25) is 4.79 Å². The lowest BCUT2D eigenvalue weighted by atomic mass is 9.69. The second-order valence-corrected chi connectivity index (χ2v) is 10.3. The molecule has 3 nitrogen and oxygen atoms in total. The zero-order valence-corrected chi connectivity index (χ0v) is 22.9. The minimum atomic E-state index is -0.367. The number of benzene rings is 2. The summed E-state index contributed by atoms with van der Waals surface area (Å²) in [5, 5.41) is 10.9. The first-order valence-electron chi connectivity index (χ1n) is 12.0. The van der Waals surface area contributed by atoms with Crippen molar-refractivity contribution in [2.75, 3.05) is 6.54 Å². The average molecular weight is 515 g/mol. The molecule has 0 saturated carbocycles. The van der Waals surface area contributed by atoms with E-state index < -0.39 is 0 Å². The van der Waals surface area contributed by atoms with E-state index in [0.29, 0.717) is 23.0 Å². The molecule has 188 valence electrons. The largest absolute Gasteiger partial charge is 0.515 e. The smallest absolute Gasteiger partial charge is 0.210 e. The fourth-order valence-corrected chi connectivity index (χ4v) is 5.26. The summed E-state index contributed by atoms with van der Waals surface area (Å²) in [4.78, 5) is 14.6. The number of hydrogen-bond acceptors (Lipinski definition) is 2. The molecule has 2 atom stereocenters. The fourth-order valence-electron chi connectivity index (χ4n) is 4.75. The monoisotopic (exact) mass is 513 g/mol. The van der Waals surface area contributed by atoms with Crippen LogP contribution in [-0.2, 0) is 16.6 Å². The SMILES string of the molecule is CCCC(C)(c1ccccc1)C(/C(C=C(C)C)=C/C(C)=C/O)N(C=O)CCc1ccc(Cl)cc1Cl. The Morgan fingerprint density at radius 2 is 1.77 bits per heavy atom. The van der Waals surface area contributed by atoms with Crippen molar-refractivity contribution in [1.82, 2.24) is 4.90 Å². The average Bonchev–Trinajstić information content (AvgIpc) is 2.82. The summed E-state index contributed by atoms with van der Waals surface area (Å²) in [5.74, 6) is 0. The van der Waals surface area contributed by atoms with Crippen molar-refractivity contribution < 1.29 is 9.90 Å². The van der Waals surface area contributed by atoms with E-state index in [-0.39, 0.29) is 11.5 Å². The number of nitrogens with zero attached hydrogens (tertiary/aromatic N) is 1. The topological polar surface area (TPSA) is 40.5 Å². The second kappa shape index (κ2) is 13.6. The third-order valence-corrected chi connectivity index (χ3v) is 6.88. The van der Waals surface area contributed by atoms with Crippen molar-refractivity contribution in [2.45, 2.75) is 65.3 Å². The van der Waals surface area contributed by atoms with Gasteiger partial charge in [0.05, 0.1) is 12.3 Å². The summed E-state index contributed by atoms with van der Waals surface area (Å²) < 4.78 is 0. The van der Waals surface area contributed by atoms with E-state index in [4.69, 9.17) is 23.2 Å². The Kier molecular flexibility index (Phi) is 11.1. The predicted octanol–water partition coefficient (Wildman–Crippen LogP) is 8.48. The van der Waals surface area contributed by atoms with Gasteiger partial charge in [0.25, 0.3) is 0 Å². The summed E-state index contributed by atoms with van der Waals surface area (Å²) >= 11 is 12.5. The highest BCUT2D eigenvalue weighted by molar-refractivity contribution is 6.35. The molecule has 5 heteroatoms. The van der Waals surface area contributed by atoms with E-state index >= 15 is 0 Å². The van der Waals surface area contributed by atoms with Gasteiger partial charge in [0.15, 0.2) is 0 Å². The van der Waals surface area contributed by atoms with E-state index in [1.54, 1.807) is 6.07 Å². The number of carbonyl (C=O) groups excluding carboxylic acids is 1. The van der Waals surface area contributed by atoms with Gasteiger partial charge in [0.1, 0.15) is 0 Å². The fraction of sp³-hybridized carbons (Fsp3) is 0.367. The van der Waals surface area contributed by atoms with Crippen molar-refractivity contribution >= 4 is 29.6 Å². The molecule has 0 aliphatic heterocycles. The van der Waals surface area contributed by atoms with Gasteiger partial charge in [-0.15, -0.1) is 0 Å². The number of halogens is 2. The maximum Gasteiger partial charge on any atom is 0.210 e. The van der Waals surface area contributed by atoms with Crippen molar-refractivity contribution in [3.63, 3.8) is 0 Å². The van der Waals surface area contributed by atoms with Crippen LogP contribution in [0.5, 0.6) is 0 Å². The molecule has 2 aromatic carbocycles. The number of allylic oxidation sites excluding steroid dienone is 3. The number of aliphatic hydroxyl groups excluding tert-OH is 1. The predicted molar refractivity (Wildman–Crippen MR) is 149 cm³/mol. The molecule has 2 aromatic rings. The van der Waals surface area contributed by atoms with Crippen LogP contribution in [0.3, 0.4) is 0 Å². The van der Waals surface area contributed by atoms with Crippen molar-refractivity contribution in [3.8, 4) is 0 Å². The van der Waals surface area contributed by atoms with Crippen LogP contribution in [0.2, 0.25) is 10.0 Å². The van der Waals surface area contributed by atoms with E-state index in [0.717, 1.165) is 47.8 Å². The molecular formula is C30H37Cl2NO2. The molecule has 0 heterocycles. The summed E-state index contributed by atoms with van der Waals surface area (Å²) in [6.07, 6.45) is 8.56. The maximum atomic E-state index is 12.7. The Hall–Kier alpha value is -2.49. The molecule has 0 bridgehead atoms. The highest BCUT2D eigenvalue weighted by Gasteiger charge is 2.40. The molecule has 0 saturated heterocycles. The first-order valence-corrected chi connectivity index (χ1v) is 12.8. The first kappa shape index (κ1) is 28.7. The second-order valence-electron chi connectivity index (χ2n) is 9.50. The summed E-state index contributed by atoms with van der Waals surface area (Å²) in [5.41, 5.74) is 4.56. The van der Waals surface area contributed by atoms with Gasteiger partial charge < -0.3 is 10.0 Å². The van der Waals surface area contributed by atoms with Crippen molar-refractivity contribution in [3.05, 3.63) is 105 Å². The van der Waals surface area contributed by atoms with Crippen molar-refractivity contribution in [1.29, 1.82) is 0 Å². The molecule has 0 aliphatic carbocycles. The molecule has 0 radical (unpaired) electrons. The summed E-state index contributed by atoms with van der Waals surface area (Å²) in [6, 6.07) is 15.6. The zero-order chi connectivity index (χ0) is 26.0. The molecular weight excluding hydrogens is 477 g/mol. The lowest BCUT2D eigenvalue weighted by Crippen LogP contribution is -2.50. The van der Waals surface area contributed by atoms with Crippen LogP contribution < -0.4 is 0 Å². The number of carbonyl (C=O) groups is 1. The number of hydrogen-bond donors (Lipinski definition) is 1. The van der Waals surface area contributed by atoms with Crippen LogP contribution in [0.1, 0.15) is 58.6 Å². The molecule has 0 aromatic heterocycles. The van der Waals surface area contributed by atoms with Crippen LogP contribution in [0, 0.1) is 0 Å². The molecule has 0 aliphatic rings. The molecule has 1 N–H and O–H groups in total. The Morgan fingerprint density at radius 3 is 2.31 bits per heavy atom. The van der Waals surface area contributed by atoms with Crippen LogP contribution in [0.15, 0.2) is 83.7 Å². The maximum absolute atomic E-state index is 12.7.